The smallest absolute Gasteiger partial charge is 0.0510 e. The van der Waals surface area contributed by atoms with E-state index in [9.17, 15) is 0 Å². The van der Waals surface area contributed by atoms with Gasteiger partial charge in [-0.2, -0.15) is 0 Å². The van der Waals surface area contributed by atoms with Crippen LogP contribution in [-0.4, -0.2) is 0 Å². The Labute approximate surface area is 183 Å². The fourth-order valence-electron chi connectivity index (χ4n) is 3.73. The summed E-state index contributed by atoms with van der Waals surface area (Å²) in [4.78, 5) is 2.87. The summed E-state index contributed by atoms with van der Waals surface area (Å²) < 4.78 is 0. The molecule has 4 aromatic rings. The molecule has 0 saturated carbocycles. The van der Waals surface area contributed by atoms with Crippen molar-refractivity contribution in [3.63, 3.8) is 0 Å². The molecule has 0 aliphatic rings. The molecule has 0 atom stereocenters. The van der Waals surface area contributed by atoms with Crippen LogP contribution in [0.3, 0.4) is 0 Å². The molecule has 0 fully saturated rings. The van der Waals surface area contributed by atoms with Crippen LogP contribution in [0.1, 0.15) is 33.4 Å². The minimum Gasteiger partial charge on any atom is -0.0893 e. The summed E-state index contributed by atoms with van der Waals surface area (Å²) in [6.45, 7) is 2.46. The minimum absolute atomic E-state index is 0.352. The van der Waals surface area contributed by atoms with E-state index >= 15 is 0 Å². The molecule has 0 unspecified atom stereocenters. The molecule has 3 nitrogen and oxygen atoms in total. The number of hydrogen-bond acceptors (Lipinski definition) is 1. The Morgan fingerprint density at radius 2 is 1.03 bits per heavy atom. The van der Waals surface area contributed by atoms with E-state index in [1.807, 2.05) is 24.3 Å². The van der Waals surface area contributed by atoms with E-state index in [1.165, 1.54) is 27.8 Å². The predicted molar refractivity (Wildman–Crippen MR) is 128 cm³/mol. The van der Waals surface area contributed by atoms with Gasteiger partial charge in [-0.1, -0.05) is 120 Å². The average molecular weight is 402 g/mol. The SMILES string of the molecule is Cc1ccc(/C(=C(\c2ccccc2)c2ccc(CN=[N+]=[N-])cc2)c2ccccc2)cc1. The molecule has 0 N–H and O–H groups in total. The largest absolute Gasteiger partial charge is 0.0893 e. The predicted octanol–water partition coefficient (Wildman–Crippen LogP) is 7.81. The summed E-state index contributed by atoms with van der Waals surface area (Å²) in [5.41, 5.74) is 17.8. The number of hydrogen-bond donors (Lipinski definition) is 0. The molecule has 0 radical (unpaired) electrons. The quantitative estimate of drug-likeness (QED) is 0.137. The summed E-state index contributed by atoms with van der Waals surface area (Å²) in [6.07, 6.45) is 0. The molecule has 3 heteroatoms. The molecule has 4 rings (SSSR count). The number of rotatable bonds is 6. The first-order valence-corrected chi connectivity index (χ1v) is 10.3. The van der Waals surface area contributed by atoms with Crippen LogP contribution < -0.4 is 0 Å². The maximum absolute atomic E-state index is 8.61. The molecule has 0 aromatic heterocycles. The van der Waals surface area contributed by atoms with Crippen LogP contribution in [0.2, 0.25) is 0 Å². The zero-order valence-corrected chi connectivity index (χ0v) is 17.4. The number of benzene rings is 4. The molecular formula is C28H23N3. The summed E-state index contributed by atoms with van der Waals surface area (Å²) in [6, 6.07) is 38.0. The second-order valence-corrected chi connectivity index (χ2v) is 7.43. The van der Waals surface area contributed by atoms with Crippen molar-refractivity contribution >= 4 is 11.1 Å². The van der Waals surface area contributed by atoms with E-state index in [2.05, 4.69) is 102 Å². The Hall–Kier alpha value is -4.07. The third-order valence-corrected chi connectivity index (χ3v) is 5.27. The van der Waals surface area contributed by atoms with Crippen LogP contribution in [0.4, 0.5) is 0 Å². The normalized spacial score (nSPS) is 11.4. The lowest BCUT2D eigenvalue weighted by Gasteiger charge is -2.18. The molecule has 31 heavy (non-hydrogen) atoms. The molecular weight excluding hydrogens is 378 g/mol. The fourth-order valence-corrected chi connectivity index (χ4v) is 3.73. The molecule has 0 spiro atoms. The van der Waals surface area contributed by atoms with Crippen LogP contribution in [-0.2, 0) is 6.54 Å². The number of aryl methyl sites for hydroxylation is 1. The Balaban J connectivity index is 1.99. The second kappa shape index (κ2) is 9.62. The highest BCUT2D eigenvalue weighted by molar-refractivity contribution is 6.04. The molecule has 0 heterocycles. The van der Waals surface area contributed by atoms with Crippen LogP contribution in [0.5, 0.6) is 0 Å². The van der Waals surface area contributed by atoms with Gasteiger partial charge in [0.1, 0.15) is 0 Å². The van der Waals surface area contributed by atoms with Gasteiger partial charge in [-0.25, -0.2) is 0 Å². The maximum Gasteiger partial charge on any atom is 0.0510 e. The zero-order valence-electron chi connectivity index (χ0n) is 17.4. The topological polar surface area (TPSA) is 48.8 Å². The molecule has 0 aliphatic heterocycles. The lowest BCUT2D eigenvalue weighted by atomic mass is 9.85. The van der Waals surface area contributed by atoms with Crippen molar-refractivity contribution in [3.05, 3.63) is 153 Å². The maximum atomic E-state index is 8.61. The lowest BCUT2D eigenvalue weighted by molar-refractivity contribution is 1.05. The van der Waals surface area contributed by atoms with Gasteiger partial charge in [-0.05, 0) is 51.4 Å². The highest BCUT2D eigenvalue weighted by Crippen LogP contribution is 2.37. The molecule has 0 bridgehead atoms. The van der Waals surface area contributed by atoms with Gasteiger partial charge in [0, 0.05) is 4.91 Å². The highest BCUT2D eigenvalue weighted by atomic mass is 15.1. The summed E-state index contributed by atoms with van der Waals surface area (Å²) in [5.74, 6) is 0. The monoisotopic (exact) mass is 401 g/mol. The van der Waals surface area contributed by atoms with E-state index in [-0.39, 0.29) is 0 Å². The van der Waals surface area contributed by atoms with Crippen molar-refractivity contribution in [1.29, 1.82) is 0 Å². The van der Waals surface area contributed by atoms with Gasteiger partial charge in [0.05, 0.1) is 6.54 Å². The second-order valence-electron chi connectivity index (χ2n) is 7.43. The lowest BCUT2D eigenvalue weighted by Crippen LogP contribution is -1.98. The Kier molecular flexibility index (Phi) is 6.27. The first-order valence-electron chi connectivity index (χ1n) is 10.3. The average Bonchev–Trinajstić information content (AvgIpc) is 2.83. The van der Waals surface area contributed by atoms with Crippen molar-refractivity contribution in [2.75, 3.05) is 0 Å². The number of azide groups is 1. The van der Waals surface area contributed by atoms with Crippen LogP contribution >= 0.6 is 0 Å². The van der Waals surface area contributed by atoms with Crippen LogP contribution in [0, 0.1) is 6.92 Å². The van der Waals surface area contributed by atoms with Gasteiger partial charge in [0.25, 0.3) is 0 Å². The van der Waals surface area contributed by atoms with Gasteiger partial charge in [-0.15, -0.1) is 0 Å². The first-order chi connectivity index (χ1) is 15.3. The van der Waals surface area contributed by atoms with Gasteiger partial charge >= 0.3 is 0 Å². The van der Waals surface area contributed by atoms with Gasteiger partial charge < -0.3 is 0 Å². The Bertz CT molecular complexity index is 1220. The molecule has 0 saturated heterocycles. The standard InChI is InChI=1S/C28H23N3/c1-21-12-16-25(17-13-21)27(23-8-4-2-5-9-23)28(24-10-6-3-7-11-24)26-18-14-22(15-19-26)20-30-31-29/h2-19H,20H2,1H3/b28-27+. The highest BCUT2D eigenvalue weighted by Gasteiger charge is 2.16. The first kappa shape index (κ1) is 20.2. The molecule has 0 amide bonds. The van der Waals surface area contributed by atoms with Gasteiger partial charge in [0.15, 0.2) is 0 Å². The molecule has 0 aliphatic carbocycles. The van der Waals surface area contributed by atoms with E-state index in [0.29, 0.717) is 6.54 Å². The third kappa shape index (κ3) is 4.75. The van der Waals surface area contributed by atoms with E-state index in [1.54, 1.807) is 0 Å². The Morgan fingerprint density at radius 1 is 0.613 bits per heavy atom. The minimum atomic E-state index is 0.352. The summed E-state index contributed by atoms with van der Waals surface area (Å²) in [5, 5.41) is 3.68. The van der Waals surface area contributed by atoms with Crippen molar-refractivity contribution in [1.82, 2.24) is 0 Å². The van der Waals surface area contributed by atoms with Gasteiger partial charge in [0.2, 0.25) is 0 Å². The van der Waals surface area contributed by atoms with E-state index in [0.717, 1.165) is 16.7 Å². The third-order valence-electron chi connectivity index (χ3n) is 5.27. The van der Waals surface area contributed by atoms with E-state index in [4.69, 9.17) is 5.53 Å². The van der Waals surface area contributed by atoms with Crippen molar-refractivity contribution in [2.24, 2.45) is 5.11 Å². The summed E-state index contributed by atoms with van der Waals surface area (Å²) >= 11 is 0. The summed E-state index contributed by atoms with van der Waals surface area (Å²) in [7, 11) is 0. The van der Waals surface area contributed by atoms with Gasteiger partial charge in [-0.3, -0.25) is 0 Å². The van der Waals surface area contributed by atoms with Crippen molar-refractivity contribution in [2.45, 2.75) is 13.5 Å². The molecule has 4 aromatic carbocycles. The van der Waals surface area contributed by atoms with Crippen LogP contribution in [0.15, 0.2) is 114 Å². The van der Waals surface area contributed by atoms with Crippen molar-refractivity contribution < 1.29 is 0 Å². The van der Waals surface area contributed by atoms with E-state index < -0.39 is 0 Å². The van der Waals surface area contributed by atoms with Crippen LogP contribution in [0.25, 0.3) is 21.6 Å². The Morgan fingerprint density at radius 3 is 1.48 bits per heavy atom. The fraction of sp³-hybridized carbons (Fsp3) is 0.0714. The van der Waals surface area contributed by atoms with Crippen molar-refractivity contribution in [3.8, 4) is 0 Å². The number of nitrogens with zero attached hydrogens (tertiary/aromatic N) is 3. The molecule has 150 valence electrons. The zero-order chi connectivity index (χ0) is 21.5.